The zero-order valence-electron chi connectivity index (χ0n) is 23.3. The minimum absolute atomic E-state index is 0.0462. The fourth-order valence-electron chi connectivity index (χ4n) is 4.41. The van der Waals surface area contributed by atoms with E-state index in [1.165, 1.54) is 18.4 Å². The van der Waals surface area contributed by atoms with Crippen LogP contribution >= 0.6 is 0 Å². The molecule has 5 N–H and O–H groups in total. The molecule has 14 heteroatoms. The molecule has 0 saturated carbocycles. The van der Waals surface area contributed by atoms with Gasteiger partial charge in [-0.15, -0.1) is 0 Å². The summed E-state index contributed by atoms with van der Waals surface area (Å²) in [6.07, 6.45) is -0.0112. The maximum absolute atomic E-state index is 14.0. The Morgan fingerprint density at radius 2 is 1.89 bits per heavy atom. The van der Waals surface area contributed by atoms with Gasteiger partial charge in [-0.1, -0.05) is 12.7 Å². The Morgan fingerprint density at radius 3 is 2.48 bits per heavy atom. The first-order chi connectivity index (χ1) is 20.8. The van der Waals surface area contributed by atoms with Crippen molar-refractivity contribution < 1.29 is 42.0 Å². The van der Waals surface area contributed by atoms with Crippen LogP contribution in [-0.4, -0.2) is 58.3 Å². The molecule has 10 nitrogen and oxygen atoms in total. The van der Waals surface area contributed by atoms with Crippen LogP contribution in [0, 0.1) is 11.2 Å². The molecule has 1 fully saturated rings. The first kappa shape index (κ1) is 32.1. The van der Waals surface area contributed by atoms with Crippen molar-refractivity contribution in [3.63, 3.8) is 0 Å². The molecule has 2 aromatic rings. The molecule has 2 aromatic carbocycles. The van der Waals surface area contributed by atoms with Crippen LogP contribution in [0.5, 0.6) is 11.5 Å². The van der Waals surface area contributed by atoms with Gasteiger partial charge in [-0.25, -0.2) is 9.18 Å². The third-order valence-corrected chi connectivity index (χ3v) is 6.67. The fraction of sp³-hybridized carbons (Fsp3) is 0.233. The summed E-state index contributed by atoms with van der Waals surface area (Å²) in [6, 6.07) is 6.08. The summed E-state index contributed by atoms with van der Waals surface area (Å²) in [5, 5.41) is 29.0. The van der Waals surface area contributed by atoms with Crippen molar-refractivity contribution >= 4 is 24.1 Å². The van der Waals surface area contributed by atoms with Gasteiger partial charge in [-0.2, -0.15) is 13.2 Å². The molecular formula is C30H29F4N5O5. The smallest absolute Gasteiger partial charge is 0.420 e. The van der Waals surface area contributed by atoms with E-state index in [-0.39, 0.29) is 41.6 Å². The molecule has 1 heterocycles. The van der Waals surface area contributed by atoms with E-state index in [0.717, 1.165) is 47.5 Å². The van der Waals surface area contributed by atoms with Gasteiger partial charge in [0.25, 0.3) is 0 Å². The topological polar surface area (TPSA) is 145 Å². The predicted octanol–water partition coefficient (Wildman–Crippen LogP) is 5.21. The molecule has 4 rings (SSSR count). The summed E-state index contributed by atoms with van der Waals surface area (Å²) in [5.41, 5.74) is 3.19. The van der Waals surface area contributed by atoms with Crippen molar-refractivity contribution in [1.82, 2.24) is 4.90 Å². The highest BCUT2D eigenvalue weighted by molar-refractivity contribution is 5.96. The number of alkyl halides is 3. The van der Waals surface area contributed by atoms with Gasteiger partial charge in [0, 0.05) is 35.8 Å². The minimum atomic E-state index is -4.93. The van der Waals surface area contributed by atoms with Crippen LogP contribution in [0.25, 0.3) is 0 Å². The number of carbonyl (C=O) groups is 1. The highest BCUT2D eigenvalue weighted by Gasteiger charge is 2.47. The SMILES string of the molecule is C=C(C=N)/C(=C\C=N/CN)OC1(C)C=CC(N2C(=O)N(c3ccc(Oc4ccc(F)cc4)c(C(F)(F)F)c3)C(O)C2O)=CC1. The lowest BCUT2D eigenvalue weighted by atomic mass is 9.95. The molecule has 2 amide bonds. The quantitative estimate of drug-likeness (QED) is 0.125. The molecule has 1 saturated heterocycles. The molecule has 232 valence electrons. The Balaban J connectivity index is 1.57. The second-order valence-electron chi connectivity index (χ2n) is 9.88. The van der Waals surface area contributed by atoms with Crippen LogP contribution in [-0.2, 0) is 10.9 Å². The van der Waals surface area contributed by atoms with E-state index in [4.69, 9.17) is 20.6 Å². The lowest BCUT2D eigenvalue weighted by Gasteiger charge is -2.32. The summed E-state index contributed by atoms with van der Waals surface area (Å²) in [5.74, 6) is -1.02. The van der Waals surface area contributed by atoms with E-state index in [2.05, 4.69) is 11.6 Å². The molecule has 1 aliphatic heterocycles. The van der Waals surface area contributed by atoms with E-state index in [1.807, 2.05) is 0 Å². The average molecular weight is 616 g/mol. The largest absolute Gasteiger partial charge is 0.482 e. The van der Waals surface area contributed by atoms with Crippen molar-refractivity contribution in [2.24, 2.45) is 10.7 Å². The van der Waals surface area contributed by atoms with Crippen molar-refractivity contribution in [3.8, 4) is 11.5 Å². The van der Waals surface area contributed by atoms with Gasteiger partial charge in [0.1, 0.15) is 34.2 Å². The normalized spacial score (nSPS) is 22.4. The average Bonchev–Trinajstić information content (AvgIpc) is 3.20. The number of urea groups is 1. The monoisotopic (exact) mass is 615 g/mol. The number of nitrogens with zero attached hydrogens (tertiary/aromatic N) is 3. The fourth-order valence-corrected chi connectivity index (χ4v) is 4.41. The molecule has 0 spiro atoms. The number of aliphatic hydroxyl groups is 2. The van der Waals surface area contributed by atoms with Crippen LogP contribution in [0.3, 0.4) is 0 Å². The molecule has 44 heavy (non-hydrogen) atoms. The Morgan fingerprint density at radius 1 is 1.20 bits per heavy atom. The van der Waals surface area contributed by atoms with Gasteiger partial charge in [0.05, 0.1) is 6.67 Å². The predicted molar refractivity (Wildman–Crippen MR) is 155 cm³/mol. The molecule has 3 unspecified atom stereocenters. The number of allylic oxidation sites excluding steroid dienone is 3. The highest BCUT2D eigenvalue weighted by atomic mass is 19.4. The van der Waals surface area contributed by atoms with Crippen LogP contribution in [0.1, 0.15) is 18.9 Å². The number of hydrogen-bond acceptors (Lipinski definition) is 8. The summed E-state index contributed by atoms with van der Waals surface area (Å²) in [4.78, 5) is 18.8. The van der Waals surface area contributed by atoms with Crippen molar-refractivity contribution in [1.29, 1.82) is 5.41 Å². The van der Waals surface area contributed by atoms with Gasteiger partial charge in [0.15, 0.2) is 12.5 Å². The molecule has 1 aliphatic carbocycles. The van der Waals surface area contributed by atoms with Gasteiger partial charge in [-0.05, 0) is 67.6 Å². The number of amides is 2. The molecule has 3 atom stereocenters. The van der Waals surface area contributed by atoms with Gasteiger partial charge in [0.2, 0.25) is 0 Å². The van der Waals surface area contributed by atoms with Crippen molar-refractivity contribution in [2.45, 2.75) is 37.6 Å². The van der Waals surface area contributed by atoms with Crippen molar-refractivity contribution in [2.75, 3.05) is 11.6 Å². The standard InChI is InChI=1S/C30H29F4N5O5/c1-18(16-35)24(11-14-37-17-36)44-29(2)12-9-20(10-13-29)38-26(40)27(41)39(28(38)42)21-5-8-25(23(15-21)30(32,33)34)43-22-6-3-19(31)4-7-22/h3-12,14-16,26-27,35,40-41H,1,13,17,36H2,2H3/b24-11+,35-16?,37-14-. The number of aliphatic imine (C=N–C) groups is 1. The van der Waals surface area contributed by atoms with Crippen LogP contribution < -0.4 is 15.4 Å². The van der Waals surface area contributed by atoms with Crippen molar-refractivity contribution in [3.05, 3.63) is 102 Å². The number of halogens is 4. The third-order valence-electron chi connectivity index (χ3n) is 6.67. The number of anilines is 1. The van der Waals surface area contributed by atoms with Crippen LogP contribution in [0.4, 0.5) is 28.0 Å². The number of aliphatic hydroxyl groups excluding tert-OH is 2. The van der Waals surface area contributed by atoms with E-state index >= 15 is 0 Å². The first-order valence-electron chi connectivity index (χ1n) is 13.1. The van der Waals surface area contributed by atoms with E-state index < -0.39 is 47.4 Å². The third kappa shape index (κ3) is 6.88. The summed E-state index contributed by atoms with van der Waals surface area (Å²) in [7, 11) is 0. The second-order valence-corrected chi connectivity index (χ2v) is 9.88. The Kier molecular flexibility index (Phi) is 9.37. The molecule has 0 bridgehead atoms. The van der Waals surface area contributed by atoms with Gasteiger partial charge in [-0.3, -0.25) is 14.8 Å². The number of nitrogens with two attached hydrogens (primary N) is 1. The summed E-state index contributed by atoms with van der Waals surface area (Å²) < 4.78 is 66.6. The maximum Gasteiger partial charge on any atom is 0.420 e. The Labute approximate surface area is 249 Å². The number of carbonyl (C=O) groups excluding carboxylic acids is 1. The van der Waals surface area contributed by atoms with Gasteiger partial charge >= 0.3 is 12.2 Å². The zero-order chi connectivity index (χ0) is 32.2. The zero-order valence-corrected chi connectivity index (χ0v) is 23.3. The molecule has 2 aliphatic rings. The van der Waals surface area contributed by atoms with Gasteiger partial charge < -0.3 is 30.8 Å². The lowest BCUT2D eigenvalue weighted by Crippen LogP contribution is -2.37. The second kappa shape index (κ2) is 12.8. The Hall–Kier alpha value is -4.79. The number of rotatable bonds is 10. The summed E-state index contributed by atoms with van der Waals surface area (Å²) >= 11 is 0. The van der Waals surface area contributed by atoms with E-state index in [1.54, 1.807) is 19.1 Å². The highest BCUT2D eigenvalue weighted by Crippen LogP contribution is 2.42. The molecular weight excluding hydrogens is 586 g/mol. The summed E-state index contributed by atoms with van der Waals surface area (Å²) in [6.45, 7) is 5.53. The number of benzene rings is 2. The first-order valence-corrected chi connectivity index (χ1v) is 13.1. The Bertz CT molecular complexity index is 1550. The lowest BCUT2D eigenvalue weighted by molar-refractivity contribution is -0.138. The van der Waals surface area contributed by atoms with E-state index in [0.29, 0.717) is 11.0 Å². The number of hydrogen-bond donors (Lipinski definition) is 4. The number of ether oxygens (including phenoxy) is 2. The minimum Gasteiger partial charge on any atom is -0.482 e. The maximum atomic E-state index is 14.0. The van der Waals surface area contributed by atoms with E-state index in [9.17, 15) is 32.6 Å². The van der Waals surface area contributed by atoms with Crippen LogP contribution in [0.15, 0.2) is 95.4 Å². The number of nitrogens with one attached hydrogen (secondary N) is 1. The molecule has 0 radical (unpaired) electrons. The molecule has 0 aromatic heterocycles. The van der Waals surface area contributed by atoms with Crippen LogP contribution in [0.2, 0.25) is 0 Å².